The lowest BCUT2D eigenvalue weighted by Gasteiger charge is -2.26. The zero-order chi connectivity index (χ0) is 14.0. The van der Waals surface area contributed by atoms with Crippen LogP contribution in [0.3, 0.4) is 0 Å². The topological polar surface area (TPSA) is 0 Å². The van der Waals surface area contributed by atoms with Crippen LogP contribution in [0.15, 0.2) is 48.5 Å². The van der Waals surface area contributed by atoms with Gasteiger partial charge in [0, 0.05) is 10.0 Å². The average molecular weight is 354 g/mol. The van der Waals surface area contributed by atoms with Crippen molar-refractivity contribution >= 4 is 58.0 Å². The number of hydrogen-bond acceptors (Lipinski definition) is 0. The molecule has 1 atom stereocenters. The third-order valence-electron chi connectivity index (χ3n) is 2.71. The van der Waals surface area contributed by atoms with Crippen molar-refractivity contribution in [2.75, 3.05) is 0 Å². The fraction of sp³-hybridized carbons (Fsp3) is 0.143. The van der Waals surface area contributed by atoms with E-state index < -0.39 is 9.71 Å². The summed E-state index contributed by atoms with van der Waals surface area (Å²) >= 11 is 30.9. The highest BCUT2D eigenvalue weighted by atomic mass is 35.5. The lowest BCUT2D eigenvalue weighted by molar-refractivity contribution is 0.803. The second-order valence-corrected chi connectivity index (χ2v) is 6.74. The van der Waals surface area contributed by atoms with Gasteiger partial charge in [-0.1, -0.05) is 70.7 Å². The molecule has 0 aliphatic carbocycles. The van der Waals surface area contributed by atoms with E-state index in [0.29, 0.717) is 15.6 Å². The molecule has 19 heavy (non-hydrogen) atoms. The predicted octanol–water partition coefficient (Wildman–Crippen LogP) is 6.60. The van der Waals surface area contributed by atoms with Crippen molar-refractivity contribution in [1.29, 1.82) is 0 Å². The van der Waals surface area contributed by atoms with E-state index in [1.807, 2.05) is 0 Å². The monoisotopic (exact) mass is 352 g/mol. The molecule has 0 aliphatic rings. The van der Waals surface area contributed by atoms with E-state index in [-0.39, 0.29) is 0 Å². The molecule has 0 saturated carbocycles. The molecule has 0 amide bonds. The van der Waals surface area contributed by atoms with E-state index in [1.165, 1.54) is 0 Å². The summed E-state index contributed by atoms with van der Waals surface area (Å²) in [5.74, 6) is 0. The number of alkyl halides is 3. The van der Waals surface area contributed by atoms with E-state index in [2.05, 4.69) is 0 Å². The molecule has 0 aromatic heterocycles. The van der Waals surface area contributed by atoms with Gasteiger partial charge in [-0.2, -0.15) is 0 Å². The maximum Gasteiger partial charge on any atom is 0.163 e. The first kappa shape index (κ1) is 15.3. The minimum absolute atomic E-state index is 0.603. The fourth-order valence-corrected chi connectivity index (χ4v) is 2.69. The molecule has 0 N–H and O–H groups in total. The Hall–Kier alpha value is -0.110. The molecular weight excluding hydrogens is 345 g/mol. The highest BCUT2D eigenvalue weighted by Crippen LogP contribution is 2.49. The molecule has 2 aromatic carbocycles. The molecule has 0 spiro atoms. The summed E-state index contributed by atoms with van der Waals surface area (Å²) in [4.78, 5) is 0. The Morgan fingerprint density at radius 2 is 1.16 bits per heavy atom. The average Bonchev–Trinajstić information content (AvgIpc) is 2.39. The van der Waals surface area contributed by atoms with Gasteiger partial charge in [-0.15, -0.1) is 11.6 Å². The van der Waals surface area contributed by atoms with Gasteiger partial charge in [-0.25, -0.2) is 0 Å². The summed E-state index contributed by atoms with van der Waals surface area (Å²) in [6.45, 7) is 0. The van der Waals surface area contributed by atoms with Crippen LogP contribution < -0.4 is 0 Å². The van der Waals surface area contributed by atoms with Crippen LogP contribution in [-0.4, -0.2) is 0 Å². The summed E-state index contributed by atoms with van der Waals surface area (Å²) in [5.41, 5.74) is 1.49. The van der Waals surface area contributed by atoms with Gasteiger partial charge in [0.1, 0.15) is 0 Å². The quantitative estimate of drug-likeness (QED) is 0.544. The smallest absolute Gasteiger partial charge is 0.114 e. The second kappa shape index (κ2) is 6.11. The summed E-state index contributed by atoms with van der Waals surface area (Å²) in [7, 11) is 0. The van der Waals surface area contributed by atoms with E-state index in [0.717, 1.165) is 5.56 Å². The molecule has 0 radical (unpaired) electrons. The van der Waals surface area contributed by atoms with Crippen molar-refractivity contribution in [3.05, 3.63) is 69.7 Å². The van der Waals surface area contributed by atoms with Gasteiger partial charge in [-0.05, 0) is 35.4 Å². The zero-order valence-electron chi connectivity index (χ0n) is 9.59. The molecule has 0 unspecified atom stereocenters. The molecule has 2 aromatic rings. The first-order chi connectivity index (χ1) is 8.91. The number of halogens is 5. The van der Waals surface area contributed by atoms with Crippen LogP contribution in [0.2, 0.25) is 10.0 Å². The Labute approximate surface area is 137 Å². The SMILES string of the molecule is Clc1ccc([C@H](Cl)C(Cl)(Cl)c2ccc(Cl)cc2)cc1. The summed E-state index contributed by atoms with van der Waals surface area (Å²) in [5, 5.41) is 0.647. The van der Waals surface area contributed by atoms with Crippen LogP contribution in [0.25, 0.3) is 0 Å². The van der Waals surface area contributed by atoms with Gasteiger partial charge in [0.15, 0.2) is 4.33 Å². The fourth-order valence-electron chi connectivity index (χ4n) is 1.66. The molecule has 5 heteroatoms. The van der Waals surface area contributed by atoms with Crippen LogP contribution in [0.4, 0.5) is 0 Å². The lowest BCUT2D eigenvalue weighted by Crippen LogP contribution is -2.17. The zero-order valence-corrected chi connectivity index (χ0v) is 13.4. The molecule has 2 rings (SSSR count). The van der Waals surface area contributed by atoms with Crippen molar-refractivity contribution in [3.8, 4) is 0 Å². The molecule has 0 nitrogen and oxygen atoms in total. The van der Waals surface area contributed by atoms with E-state index >= 15 is 0 Å². The molecular formula is C14H9Cl5. The van der Waals surface area contributed by atoms with Crippen molar-refractivity contribution in [1.82, 2.24) is 0 Å². The second-order valence-electron chi connectivity index (χ2n) is 4.04. The maximum absolute atomic E-state index is 6.40. The Morgan fingerprint density at radius 1 is 0.737 bits per heavy atom. The standard InChI is InChI=1S/C14H9Cl5/c15-11-5-1-9(2-6-11)13(17)14(18,19)10-3-7-12(16)8-4-10/h1-8,13H/t13-/m0/s1. The summed E-state index contributed by atoms with van der Waals surface area (Å²) in [6, 6.07) is 14.1. The molecule has 100 valence electrons. The molecule has 0 fully saturated rings. The molecule has 0 bridgehead atoms. The first-order valence-corrected chi connectivity index (χ1v) is 7.39. The van der Waals surface area contributed by atoms with Crippen molar-refractivity contribution < 1.29 is 0 Å². The van der Waals surface area contributed by atoms with Gasteiger partial charge < -0.3 is 0 Å². The Bertz CT molecular complexity index is 545. The minimum Gasteiger partial charge on any atom is -0.114 e. The Morgan fingerprint density at radius 3 is 1.63 bits per heavy atom. The summed E-state index contributed by atoms with van der Waals surface area (Å²) in [6.07, 6.45) is 0. The van der Waals surface area contributed by atoms with Gasteiger partial charge in [-0.3, -0.25) is 0 Å². The number of hydrogen-bond donors (Lipinski definition) is 0. The Kier molecular flexibility index (Phi) is 4.92. The van der Waals surface area contributed by atoms with Gasteiger partial charge in [0.25, 0.3) is 0 Å². The highest BCUT2D eigenvalue weighted by Gasteiger charge is 2.36. The van der Waals surface area contributed by atoms with Crippen molar-refractivity contribution in [3.63, 3.8) is 0 Å². The number of benzene rings is 2. The Balaban J connectivity index is 2.32. The highest BCUT2D eigenvalue weighted by molar-refractivity contribution is 6.51. The minimum atomic E-state index is -1.25. The van der Waals surface area contributed by atoms with Crippen LogP contribution in [0, 0.1) is 0 Å². The van der Waals surface area contributed by atoms with E-state index in [9.17, 15) is 0 Å². The summed E-state index contributed by atoms with van der Waals surface area (Å²) < 4.78 is -1.25. The molecule has 0 heterocycles. The molecule has 0 saturated heterocycles. The van der Waals surface area contributed by atoms with E-state index in [4.69, 9.17) is 58.0 Å². The van der Waals surface area contributed by atoms with Crippen molar-refractivity contribution in [2.24, 2.45) is 0 Å². The van der Waals surface area contributed by atoms with Crippen molar-refractivity contribution in [2.45, 2.75) is 9.71 Å². The van der Waals surface area contributed by atoms with E-state index in [1.54, 1.807) is 48.5 Å². The van der Waals surface area contributed by atoms with Crippen LogP contribution in [-0.2, 0) is 4.33 Å². The number of rotatable bonds is 3. The maximum atomic E-state index is 6.40. The van der Waals surface area contributed by atoms with Crippen LogP contribution in [0.5, 0.6) is 0 Å². The third kappa shape index (κ3) is 3.51. The predicted molar refractivity (Wildman–Crippen MR) is 84.9 cm³/mol. The largest absolute Gasteiger partial charge is 0.163 e. The van der Waals surface area contributed by atoms with Crippen LogP contribution in [0.1, 0.15) is 16.5 Å². The third-order valence-corrected chi connectivity index (χ3v) is 4.89. The van der Waals surface area contributed by atoms with Gasteiger partial charge in [0.05, 0.1) is 5.38 Å². The first-order valence-electron chi connectivity index (χ1n) is 5.44. The normalized spacial score (nSPS) is 13.3. The lowest BCUT2D eigenvalue weighted by atomic mass is 10.0. The van der Waals surface area contributed by atoms with Gasteiger partial charge >= 0.3 is 0 Å². The van der Waals surface area contributed by atoms with Crippen LogP contribution >= 0.6 is 58.0 Å². The molecule has 0 aliphatic heterocycles. The van der Waals surface area contributed by atoms with Gasteiger partial charge in [0.2, 0.25) is 0 Å².